The number of hydrogen-bond donors (Lipinski definition) is 1. The Hall–Kier alpha value is -3.75. The number of carbonyl (C=O) groups is 3. The molecule has 9 nitrogen and oxygen atoms in total. The lowest BCUT2D eigenvalue weighted by Crippen LogP contribution is -2.52. The molecule has 4 rings (SSSR count). The number of H-pyrrole nitrogens is 1. The van der Waals surface area contributed by atoms with Gasteiger partial charge in [0.15, 0.2) is 0 Å². The summed E-state index contributed by atoms with van der Waals surface area (Å²) in [7, 11) is 1.46. The van der Waals surface area contributed by atoms with E-state index in [-0.39, 0.29) is 11.5 Å². The number of amides is 2. The molecule has 1 N–H and O–H groups in total. The molecule has 3 heterocycles. The Morgan fingerprint density at radius 1 is 1.00 bits per heavy atom. The highest BCUT2D eigenvalue weighted by Gasteiger charge is 2.30. The van der Waals surface area contributed by atoms with Crippen molar-refractivity contribution in [3.63, 3.8) is 0 Å². The van der Waals surface area contributed by atoms with Crippen LogP contribution in [-0.4, -0.2) is 75.6 Å². The minimum Gasteiger partial charge on any atom is -0.479 e. The molecule has 1 aromatic carbocycles. The van der Waals surface area contributed by atoms with E-state index in [1.807, 2.05) is 18.2 Å². The van der Waals surface area contributed by atoms with Gasteiger partial charge in [0.2, 0.25) is 5.88 Å². The molecular weight excluding hydrogens is 374 g/mol. The van der Waals surface area contributed by atoms with Gasteiger partial charge < -0.3 is 19.5 Å². The maximum atomic E-state index is 12.8. The average Bonchev–Trinajstić information content (AvgIpc) is 3.22. The Morgan fingerprint density at radius 2 is 1.69 bits per heavy atom. The van der Waals surface area contributed by atoms with Crippen LogP contribution in [0.3, 0.4) is 0 Å². The highest BCUT2D eigenvalue weighted by molar-refractivity contribution is 6.44. The van der Waals surface area contributed by atoms with Gasteiger partial charge in [0.1, 0.15) is 17.4 Å². The summed E-state index contributed by atoms with van der Waals surface area (Å²) in [5.74, 6) is -1.05. The first kappa shape index (κ1) is 18.6. The van der Waals surface area contributed by atoms with Crippen LogP contribution in [0.5, 0.6) is 5.88 Å². The summed E-state index contributed by atoms with van der Waals surface area (Å²) in [4.78, 5) is 52.1. The number of ketones is 1. The summed E-state index contributed by atoms with van der Waals surface area (Å²) in [5, 5.41) is 0. The van der Waals surface area contributed by atoms with E-state index in [9.17, 15) is 14.4 Å². The molecule has 2 amide bonds. The minimum absolute atomic E-state index is 0.0792. The second-order valence-electron chi connectivity index (χ2n) is 6.59. The number of carbonyl (C=O) groups excluding carboxylic acids is 3. The van der Waals surface area contributed by atoms with Gasteiger partial charge in [-0.2, -0.15) is 4.98 Å². The molecule has 0 saturated carbocycles. The van der Waals surface area contributed by atoms with E-state index in [1.165, 1.54) is 24.5 Å². The van der Waals surface area contributed by atoms with Crippen molar-refractivity contribution in [2.45, 2.75) is 0 Å². The number of fused-ring (bicyclic) bond motifs is 1. The third kappa shape index (κ3) is 3.42. The fourth-order valence-electron chi connectivity index (χ4n) is 3.38. The Labute approximate surface area is 166 Å². The van der Waals surface area contributed by atoms with Gasteiger partial charge in [-0.1, -0.05) is 18.2 Å². The van der Waals surface area contributed by atoms with Crippen molar-refractivity contribution in [1.29, 1.82) is 0 Å². The Morgan fingerprint density at radius 3 is 2.38 bits per heavy atom. The molecule has 0 spiro atoms. The van der Waals surface area contributed by atoms with E-state index < -0.39 is 11.7 Å². The minimum atomic E-state index is -0.653. The summed E-state index contributed by atoms with van der Waals surface area (Å²) in [6, 6.07) is 8.99. The molecule has 3 aromatic rings. The number of Topliss-reactive ketones (excluding diaryl/α,β-unsaturated/α-hetero) is 1. The summed E-state index contributed by atoms with van der Waals surface area (Å²) in [5.41, 5.74) is 1.58. The smallest absolute Gasteiger partial charge is 0.295 e. The zero-order chi connectivity index (χ0) is 20.4. The second-order valence-corrected chi connectivity index (χ2v) is 6.59. The fraction of sp³-hybridized carbons (Fsp3) is 0.250. The number of ether oxygens (including phenoxy) is 1. The number of benzene rings is 1. The van der Waals surface area contributed by atoms with Crippen molar-refractivity contribution < 1.29 is 19.1 Å². The number of methoxy groups -OCH3 is 1. The van der Waals surface area contributed by atoms with Gasteiger partial charge >= 0.3 is 0 Å². The van der Waals surface area contributed by atoms with Crippen molar-refractivity contribution in [3.05, 3.63) is 54.0 Å². The monoisotopic (exact) mass is 393 g/mol. The number of nitrogens with zero attached hydrogens (tertiary/aromatic N) is 4. The van der Waals surface area contributed by atoms with Gasteiger partial charge in [-0.25, -0.2) is 4.98 Å². The maximum absolute atomic E-state index is 12.8. The Balaban J connectivity index is 1.45. The van der Waals surface area contributed by atoms with E-state index in [2.05, 4.69) is 15.0 Å². The third-order valence-electron chi connectivity index (χ3n) is 4.94. The second kappa shape index (κ2) is 7.70. The van der Waals surface area contributed by atoms with E-state index in [0.29, 0.717) is 48.7 Å². The molecule has 1 aliphatic heterocycles. The van der Waals surface area contributed by atoms with Gasteiger partial charge in [-0.05, 0) is 12.1 Å². The predicted molar refractivity (Wildman–Crippen MR) is 104 cm³/mol. The molecule has 0 unspecified atom stereocenters. The van der Waals surface area contributed by atoms with Crippen molar-refractivity contribution in [3.8, 4) is 5.88 Å². The zero-order valence-corrected chi connectivity index (χ0v) is 15.8. The number of piperazine rings is 1. The fourth-order valence-corrected chi connectivity index (χ4v) is 3.38. The van der Waals surface area contributed by atoms with E-state index in [1.54, 1.807) is 17.0 Å². The summed E-state index contributed by atoms with van der Waals surface area (Å²) in [6.07, 6.45) is 2.72. The molecule has 0 atom stereocenters. The Kier molecular flexibility index (Phi) is 4.94. The van der Waals surface area contributed by atoms with Crippen molar-refractivity contribution in [2.24, 2.45) is 0 Å². The van der Waals surface area contributed by atoms with E-state index in [0.717, 1.165) is 0 Å². The lowest BCUT2D eigenvalue weighted by molar-refractivity contribution is -0.127. The zero-order valence-electron chi connectivity index (χ0n) is 15.8. The molecule has 2 aromatic heterocycles. The first-order valence-corrected chi connectivity index (χ1v) is 9.14. The molecule has 9 heteroatoms. The van der Waals surface area contributed by atoms with Gasteiger partial charge in [0, 0.05) is 37.9 Å². The lowest BCUT2D eigenvalue weighted by Gasteiger charge is -2.34. The van der Waals surface area contributed by atoms with Gasteiger partial charge in [0.25, 0.3) is 17.6 Å². The molecular formula is C20H19N5O4. The van der Waals surface area contributed by atoms with Crippen LogP contribution in [0.2, 0.25) is 0 Å². The highest BCUT2D eigenvalue weighted by atomic mass is 16.5. The van der Waals surface area contributed by atoms with E-state index >= 15 is 0 Å². The van der Waals surface area contributed by atoms with Crippen molar-refractivity contribution in [1.82, 2.24) is 24.8 Å². The molecule has 1 fully saturated rings. The lowest BCUT2D eigenvalue weighted by atomic mass is 10.1. The standard InChI is InChI=1S/C20H19N5O4/c1-29-18-16-15(22-12-23-18)14(11-21-16)17(26)20(28)25-9-7-24(8-10-25)19(27)13-5-3-2-4-6-13/h2-6,11-12,21H,7-10H2,1H3. The number of rotatable bonds is 4. The molecule has 148 valence electrons. The summed E-state index contributed by atoms with van der Waals surface area (Å²) >= 11 is 0. The number of aromatic amines is 1. The molecule has 0 aliphatic carbocycles. The third-order valence-corrected chi connectivity index (χ3v) is 4.94. The first-order valence-electron chi connectivity index (χ1n) is 9.14. The first-order chi connectivity index (χ1) is 14.1. The average molecular weight is 393 g/mol. The molecule has 0 bridgehead atoms. The van der Waals surface area contributed by atoms with Gasteiger partial charge in [-0.3, -0.25) is 14.4 Å². The largest absolute Gasteiger partial charge is 0.479 e. The van der Waals surface area contributed by atoms with Crippen LogP contribution >= 0.6 is 0 Å². The van der Waals surface area contributed by atoms with Crippen molar-refractivity contribution >= 4 is 28.6 Å². The maximum Gasteiger partial charge on any atom is 0.295 e. The van der Waals surface area contributed by atoms with Crippen LogP contribution in [0.25, 0.3) is 11.0 Å². The normalized spacial score (nSPS) is 14.1. The quantitative estimate of drug-likeness (QED) is 0.526. The topological polar surface area (TPSA) is 108 Å². The number of nitrogens with one attached hydrogen (secondary N) is 1. The van der Waals surface area contributed by atoms with Gasteiger partial charge in [0.05, 0.1) is 12.7 Å². The van der Waals surface area contributed by atoms with Crippen LogP contribution in [-0.2, 0) is 4.79 Å². The molecule has 1 saturated heterocycles. The molecule has 0 radical (unpaired) electrons. The van der Waals surface area contributed by atoms with Crippen LogP contribution in [0, 0.1) is 0 Å². The van der Waals surface area contributed by atoms with Crippen LogP contribution < -0.4 is 4.74 Å². The van der Waals surface area contributed by atoms with E-state index in [4.69, 9.17) is 4.74 Å². The van der Waals surface area contributed by atoms with Crippen LogP contribution in [0.4, 0.5) is 0 Å². The SMILES string of the molecule is COc1ncnc2c(C(=O)C(=O)N3CCN(C(=O)c4ccccc4)CC3)c[nH]c12. The van der Waals surface area contributed by atoms with Crippen LogP contribution in [0.15, 0.2) is 42.9 Å². The van der Waals surface area contributed by atoms with Crippen molar-refractivity contribution in [2.75, 3.05) is 33.3 Å². The summed E-state index contributed by atoms with van der Waals surface area (Å²) in [6.45, 7) is 1.33. The highest BCUT2D eigenvalue weighted by Crippen LogP contribution is 2.23. The number of hydrogen-bond acceptors (Lipinski definition) is 6. The molecule has 1 aliphatic rings. The number of aromatic nitrogens is 3. The van der Waals surface area contributed by atoms with Crippen LogP contribution in [0.1, 0.15) is 20.7 Å². The molecule has 29 heavy (non-hydrogen) atoms. The Bertz CT molecular complexity index is 1070. The van der Waals surface area contributed by atoms with Gasteiger partial charge in [-0.15, -0.1) is 0 Å². The summed E-state index contributed by atoms with van der Waals surface area (Å²) < 4.78 is 5.14. The predicted octanol–water partition coefficient (Wildman–Crippen LogP) is 1.13.